The molecule has 192 valence electrons. The van der Waals surface area contributed by atoms with E-state index in [1.165, 1.54) is 18.0 Å². The predicted octanol–water partition coefficient (Wildman–Crippen LogP) is 4.32. The molecule has 5 rings (SSSR count). The molecule has 2 aromatic heterocycles. The summed E-state index contributed by atoms with van der Waals surface area (Å²) < 4.78 is 12.9. The number of halogens is 1. The summed E-state index contributed by atoms with van der Waals surface area (Å²) in [5.41, 5.74) is 1.97. The van der Waals surface area contributed by atoms with Crippen LogP contribution in [0.15, 0.2) is 70.4 Å². The third-order valence-electron chi connectivity index (χ3n) is 5.91. The summed E-state index contributed by atoms with van der Waals surface area (Å²) in [6.07, 6.45) is 2.26. The van der Waals surface area contributed by atoms with E-state index in [0.717, 1.165) is 50.5 Å². The van der Waals surface area contributed by atoms with Crippen LogP contribution < -0.4 is 5.32 Å². The molecule has 0 atom stereocenters. The van der Waals surface area contributed by atoms with E-state index in [1.54, 1.807) is 0 Å². The second-order valence-electron chi connectivity index (χ2n) is 8.44. The van der Waals surface area contributed by atoms with Gasteiger partial charge in [0, 0.05) is 30.9 Å². The number of morpholine rings is 1. The second kappa shape index (κ2) is 12.4. The first-order valence-corrected chi connectivity index (χ1v) is 13.5. The Morgan fingerprint density at radius 2 is 1.84 bits per heavy atom. The van der Waals surface area contributed by atoms with Gasteiger partial charge in [0.15, 0.2) is 16.7 Å². The highest BCUT2D eigenvalue weighted by molar-refractivity contribution is 7.98. The Hall–Kier alpha value is -3.18. The normalized spacial score (nSPS) is 14.1. The second-order valence-corrected chi connectivity index (χ2v) is 9.79. The number of carbonyl (C=O) groups is 1. The van der Waals surface area contributed by atoms with Crippen LogP contribution in [0, 0.1) is 0 Å². The zero-order valence-electron chi connectivity index (χ0n) is 20.2. The number of carbonyl (C=O) groups excluding carboxylic acids is 1. The number of ether oxygens (including phenoxy) is 1. The summed E-state index contributed by atoms with van der Waals surface area (Å²) >= 11 is 7.88. The fourth-order valence-electron chi connectivity index (χ4n) is 4.02. The van der Waals surface area contributed by atoms with Gasteiger partial charge in [-0.3, -0.25) is 14.3 Å². The molecule has 0 saturated carbocycles. The highest BCUT2D eigenvalue weighted by Gasteiger charge is 2.19. The molecule has 0 radical (unpaired) electrons. The smallest absolute Gasteiger partial charge is 0.273 e. The molecular formula is C26H27ClN6O3S. The van der Waals surface area contributed by atoms with Crippen LogP contribution in [0.2, 0.25) is 5.02 Å². The molecule has 37 heavy (non-hydrogen) atoms. The molecule has 1 amide bonds. The van der Waals surface area contributed by atoms with Crippen LogP contribution in [0.1, 0.15) is 22.8 Å². The van der Waals surface area contributed by atoms with E-state index >= 15 is 0 Å². The van der Waals surface area contributed by atoms with Gasteiger partial charge in [0.2, 0.25) is 5.89 Å². The van der Waals surface area contributed by atoms with Crippen LogP contribution in [0.25, 0.3) is 17.1 Å². The number of oxazole rings is 1. The summed E-state index contributed by atoms with van der Waals surface area (Å²) in [6.45, 7) is 4.94. The number of thioether (sulfide) groups is 1. The first-order chi connectivity index (χ1) is 18.2. The molecule has 1 N–H and O–H groups in total. The zero-order chi connectivity index (χ0) is 25.5. The van der Waals surface area contributed by atoms with Crippen molar-refractivity contribution in [1.29, 1.82) is 0 Å². The first-order valence-electron chi connectivity index (χ1n) is 12.1. The Labute approximate surface area is 224 Å². The van der Waals surface area contributed by atoms with E-state index in [1.807, 2.05) is 59.2 Å². The molecular weight excluding hydrogens is 512 g/mol. The van der Waals surface area contributed by atoms with Gasteiger partial charge in [0.25, 0.3) is 5.91 Å². The van der Waals surface area contributed by atoms with E-state index in [-0.39, 0.29) is 11.6 Å². The van der Waals surface area contributed by atoms with Gasteiger partial charge in [-0.2, -0.15) is 0 Å². The van der Waals surface area contributed by atoms with Crippen molar-refractivity contribution in [2.75, 3.05) is 39.4 Å². The summed E-state index contributed by atoms with van der Waals surface area (Å²) in [5, 5.41) is 13.0. The summed E-state index contributed by atoms with van der Waals surface area (Å²) in [5.74, 6) is 1.22. The number of nitrogens with one attached hydrogen (secondary N) is 1. The van der Waals surface area contributed by atoms with Crippen LogP contribution in [-0.2, 0) is 10.5 Å². The molecule has 0 unspecified atom stereocenters. The Balaban J connectivity index is 1.22. The minimum absolute atomic E-state index is 0.240. The lowest BCUT2D eigenvalue weighted by molar-refractivity contribution is 0.0374. The third-order valence-corrected chi connectivity index (χ3v) is 7.16. The summed E-state index contributed by atoms with van der Waals surface area (Å²) in [4.78, 5) is 19.2. The van der Waals surface area contributed by atoms with Crippen molar-refractivity contribution in [1.82, 2.24) is 30.0 Å². The number of amides is 1. The lowest BCUT2D eigenvalue weighted by atomic mass is 10.2. The first kappa shape index (κ1) is 25.5. The van der Waals surface area contributed by atoms with Crippen LogP contribution in [-0.4, -0.2) is 69.9 Å². The Bertz CT molecular complexity index is 1320. The SMILES string of the molecule is O=C(NCCCN1CCOCC1)c1coc(CSc2nnc(-c3ccccc3Cl)n2-c2ccccc2)n1. The van der Waals surface area contributed by atoms with Crippen LogP contribution in [0.5, 0.6) is 0 Å². The monoisotopic (exact) mass is 538 g/mol. The third kappa shape index (κ3) is 6.40. The lowest BCUT2D eigenvalue weighted by Gasteiger charge is -2.26. The quantitative estimate of drug-likeness (QED) is 0.235. The van der Waals surface area contributed by atoms with E-state index in [9.17, 15) is 4.79 Å². The maximum atomic E-state index is 12.5. The van der Waals surface area contributed by atoms with Crippen molar-refractivity contribution in [3.8, 4) is 17.1 Å². The number of hydrogen-bond donors (Lipinski definition) is 1. The van der Waals surface area contributed by atoms with Gasteiger partial charge in [-0.25, -0.2) is 4.98 Å². The molecule has 2 aromatic carbocycles. The minimum Gasteiger partial charge on any atom is -0.447 e. The largest absolute Gasteiger partial charge is 0.447 e. The topological polar surface area (TPSA) is 98.3 Å². The number of rotatable bonds is 10. The summed E-state index contributed by atoms with van der Waals surface area (Å²) in [6, 6.07) is 17.4. The Morgan fingerprint density at radius 1 is 1.05 bits per heavy atom. The van der Waals surface area contributed by atoms with Gasteiger partial charge in [0.1, 0.15) is 6.26 Å². The molecule has 1 saturated heterocycles. The number of para-hydroxylation sites is 1. The number of nitrogens with zero attached hydrogens (tertiary/aromatic N) is 5. The molecule has 1 aliphatic heterocycles. The van der Waals surface area contributed by atoms with E-state index in [4.69, 9.17) is 20.8 Å². The fourth-order valence-corrected chi connectivity index (χ4v) is 5.04. The van der Waals surface area contributed by atoms with Gasteiger partial charge < -0.3 is 14.5 Å². The molecule has 4 aromatic rings. The lowest BCUT2D eigenvalue weighted by Crippen LogP contribution is -2.38. The standard InChI is InChI=1S/C26H27ClN6O3S/c27-21-10-5-4-9-20(21)24-30-31-26(33(24)19-7-2-1-3-8-19)37-18-23-29-22(17-36-23)25(34)28-11-6-12-32-13-15-35-16-14-32/h1-5,7-10,17H,6,11-16,18H2,(H,28,34). The molecule has 1 aliphatic rings. The minimum atomic E-state index is -0.240. The van der Waals surface area contributed by atoms with Gasteiger partial charge in [0.05, 0.1) is 24.0 Å². The average molecular weight is 539 g/mol. The predicted molar refractivity (Wildman–Crippen MR) is 142 cm³/mol. The highest BCUT2D eigenvalue weighted by Crippen LogP contribution is 2.32. The molecule has 3 heterocycles. The van der Waals surface area contributed by atoms with E-state index in [0.29, 0.717) is 34.2 Å². The Morgan fingerprint density at radius 3 is 2.65 bits per heavy atom. The highest BCUT2D eigenvalue weighted by atomic mass is 35.5. The van der Waals surface area contributed by atoms with Gasteiger partial charge in [-0.15, -0.1) is 10.2 Å². The maximum absolute atomic E-state index is 12.5. The molecule has 11 heteroatoms. The van der Waals surface area contributed by atoms with Gasteiger partial charge >= 0.3 is 0 Å². The van der Waals surface area contributed by atoms with Gasteiger partial charge in [-0.1, -0.05) is 53.7 Å². The van der Waals surface area contributed by atoms with Crippen LogP contribution in [0.3, 0.4) is 0 Å². The Kier molecular flexibility index (Phi) is 8.52. The van der Waals surface area contributed by atoms with Crippen LogP contribution in [0.4, 0.5) is 0 Å². The summed E-state index contributed by atoms with van der Waals surface area (Å²) in [7, 11) is 0. The molecule has 0 aliphatic carbocycles. The van der Waals surface area contributed by atoms with Crippen molar-refractivity contribution in [2.45, 2.75) is 17.3 Å². The number of aromatic nitrogens is 4. The van der Waals surface area contributed by atoms with Crippen molar-refractivity contribution in [3.63, 3.8) is 0 Å². The molecule has 0 bridgehead atoms. The van der Waals surface area contributed by atoms with E-state index < -0.39 is 0 Å². The van der Waals surface area contributed by atoms with E-state index in [2.05, 4.69) is 25.4 Å². The van der Waals surface area contributed by atoms with Crippen molar-refractivity contribution in [2.24, 2.45) is 0 Å². The zero-order valence-corrected chi connectivity index (χ0v) is 21.7. The van der Waals surface area contributed by atoms with Crippen molar-refractivity contribution < 1.29 is 13.9 Å². The molecule has 9 nitrogen and oxygen atoms in total. The number of benzene rings is 2. The maximum Gasteiger partial charge on any atom is 0.273 e. The van der Waals surface area contributed by atoms with Crippen molar-refractivity contribution >= 4 is 29.3 Å². The van der Waals surface area contributed by atoms with Crippen LogP contribution >= 0.6 is 23.4 Å². The molecule has 1 fully saturated rings. The fraction of sp³-hybridized carbons (Fsp3) is 0.308. The number of hydrogen-bond acceptors (Lipinski definition) is 8. The molecule has 0 spiro atoms. The average Bonchev–Trinajstić information content (AvgIpc) is 3.59. The van der Waals surface area contributed by atoms with Crippen molar-refractivity contribution in [3.05, 3.63) is 77.5 Å². The van der Waals surface area contributed by atoms with Gasteiger partial charge in [-0.05, 0) is 37.2 Å².